The number of carbonyl (C=O) groups excluding carboxylic acids is 2. The SMILES string of the molecule is O=C(NC[C@@H]1CCCO1)c1cccc(-c2ccc3c(c2)OCCC3=O)c1. The molecule has 4 rings (SSSR count). The van der Waals surface area contributed by atoms with Gasteiger partial charge in [0.15, 0.2) is 5.78 Å². The van der Waals surface area contributed by atoms with Crippen LogP contribution in [0.3, 0.4) is 0 Å². The molecule has 0 aromatic heterocycles. The fourth-order valence-electron chi connectivity index (χ4n) is 3.39. The molecule has 2 aromatic carbocycles. The van der Waals surface area contributed by atoms with Crippen LogP contribution in [-0.4, -0.2) is 37.6 Å². The van der Waals surface area contributed by atoms with Gasteiger partial charge >= 0.3 is 0 Å². The van der Waals surface area contributed by atoms with E-state index in [1.54, 1.807) is 12.1 Å². The Bertz CT molecular complexity index is 840. The topological polar surface area (TPSA) is 64.6 Å². The number of carbonyl (C=O) groups is 2. The van der Waals surface area contributed by atoms with E-state index in [1.807, 2.05) is 30.3 Å². The van der Waals surface area contributed by atoms with Crippen LogP contribution in [0.15, 0.2) is 42.5 Å². The number of ketones is 1. The zero-order valence-corrected chi connectivity index (χ0v) is 14.5. The zero-order chi connectivity index (χ0) is 17.9. The molecule has 5 nitrogen and oxygen atoms in total. The first-order chi connectivity index (χ1) is 12.7. The van der Waals surface area contributed by atoms with Crippen molar-refractivity contribution >= 4 is 11.7 Å². The van der Waals surface area contributed by atoms with Crippen molar-refractivity contribution in [1.29, 1.82) is 0 Å². The van der Waals surface area contributed by atoms with Crippen molar-refractivity contribution in [2.45, 2.75) is 25.4 Å². The van der Waals surface area contributed by atoms with Crippen LogP contribution in [-0.2, 0) is 4.74 Å². The van der Waals surface area contributed by atoms with E-state index in [-0.39, 0.29) is 17.8 Å². The smallest absolute Gasteiger partial charge is 0.251 e. The number of hydrogen-bond donors (Lipinski definition) is 1. The summed E-state index contributed by atoms with van der Waals surface area (Å²) in [6, 6.07) is 13.0. The van der Waals surface area contributed by atoms with Gasteiger partial charge in [0.05, 0.1) is 18.3 Å². The summed E-state index contributed by atoms with van der Waals surface area (Å²) in [5, 5.41) is 2.94. The summed E-state index contributed by atoms with van der Waals surface area (Å²) in [6.07, 6.45) is 2.59. The Morgan fingerprint density at radius 2 is 2.00 bits per heavy atom. The first-order valence-corrected chi connectivity index (χ1v) is 9.01. The lowest BCUT2D eigenvalue weighted by Crippen LogP contribution is -2.31. The zero-order valence-electron chi connectivity index (χ0n) is 14.5. The second kappa shape index (κ2) is 7.30. The van der Waals surface area contributed by atoms with Crippen molar-refractivity contribution in [3.05, 3.63) is 53.6 Å². The molecule has 2 aliphatic rings. The Morgan fingerprint density at radius 3 is 2.85 bits per heavy atom. The molecule has 0 spiro atoms. The summed E-state index contributed by atoms with van der Waals surface area (Å²) >= 11 is 0. The van der Waals surface area contributed by atoms with Gasteiger partial charge in [-0.1, -0.05) is 18.2 Å². The third-order valence-electron chi connectivity index (χ3n) is 4.84. The standard InChI is InChI=1S/C21H21NO4/c23-19-8-10-26-20-12-15(6-7-18(19)20)14-3-1-4-16(11-14)21(24)22-13-17-5-2-9-25-17/h1,3-4,6-7,11-12,17H,2,5,8-10,13H2,(H,22,24)/t17-/m0/s1. The number of Topliss-reactive ketones (excluding diaryl/α,β-unsaturated/α-hetero) is 1. The van der Waals surface area contributed by atoms with Crippen LogP contribution in [0.5, 0.6) is 5.75 Å². The monoisotopic (exact) mass is 351 g/mol. The maximum absolute atomic E-state index is 12.4. The van der Waals surface area contributed by atoms with Gasteiger partial charge in [-0.15, -0.1) is 0 Å². The van der Waals surface area contributed by atoms with Crippen molar-refractivity contribution in [3.8, 4) is 16.9 Å². The van der Waals surface area contributed by atoms with Crippen LogP contribution in [0, 0.1) is 0 Å². The summed E-state index contributed by atoms with van der Waals surface area (Å²) in [5.74, 6) is 0.624. The van der Waals surface area contributed by atoms with Gasteiger partial charge < -0.3 is 14.8 Å². The molecular weight excluding hydrogens is 330 g/mol. The van der Waals surface area contributed by atoms with E-state index in [2.05, 4.69) is 5.32 Å². The summed E-state index contributed by atoms with van der Waals surface area (Å²) in [4.78, 5) is 24.3. The van der Waals surface area contributed by atoms with E-state index >= 15 is 0 Å². The Kier molecular flexibility index (Phi) is 4.71. The molecule has 2 heterocycles. The molecule has 2 aromatic rings. The van der Waals surface area contributed by atoms with Crippen molar-refractivity contribution in [3.63, 3.8) is 0 Å². The van der Waals surface area contributed by atoms with Gasteiger partial charge in [0.1, 0.15) is 5.75 Å². The normalized spacial score (nSPS) is 18.9. The highest BCUT2D eigenvalue weighted by atomic mass is 16.5. The van der Waals surface area contributed by atoms with E-state index in [9.17, 15) is 9.59 Å². The molecule has 0 bridgehead atoms. The number of ether oxygens (including phenoxy) is 2. The highest BCUT2D eigenvalue weighted by molar-refractivity contribution is 6.00. The molecule has 1 fully saturated rings. The Labute approximate surface area is 152 Å². The minimum absolute atomic E-state index is 0.105. The summed E-state index contributed by atoms with van der Waals surface area (Å²) in [6.45, 7) is 1.73. The Balaban J connectivity index is 1.52. The molecule has 2 aliphatic heterocycles. The summed E-state index contributed by atoms with van der Waals surface area (Å²) < 4.78 is 11.2. The number of rotatable bonds is 4. The van der Waals surface area contributed by atoms with Crippen molar-refractivity contribution in [2.24, 2.45) is 0 Å². The second-order valence-electron chi connectivity index (χ2n) is 6.66. The van der Waals surface area contributed by atoms with Crippen LogP contribution in [0.2, 0.25) is 0 Å². The van der Waals surface area contributed by atoms with Gasteiger partial charge in [-0.25, -0.2) is 0 Å². The number of amides is 1. The fraction of sp³-hybridized carbons (Fsp3) is 0.333. The maximum atomic E-state index is 12.4. The number of benzene rings is 2. The van der Waals surface area contributed by atoms with Gasteiger partial charge in [-0.05, 0) is 48.2 Å². The molecule has 1 saturated heterocycles. The van der Waals surface area contributed by atoms with Crippen LogP contribution < -0.4 is 10.1 Å². The average molecular weight is 351 g/mol. The Morgan fingerprint density at radius 1 is 1.12 bits per heavy atom. The molecule has 5 heteroatoms. The lowest BCUT2D eigenvalue weighted by Gasteiger charge is -2.17. The van der Waals surface area contributed by atoms with Crippen LogP contribution >= 0.6 is 0 Å². The lowest BCUT2D eigenvalue weighted by atomic mass is 9.98. The minimum atomic E-state index is -0.105. The van der Waals surface area contributed by atoms with E-state index in [0.717, 1.165) is 30.6 Å². The highest BCUT2D eigenvalue weighted by Crippen LogP contribution is 2.31. The van der Waals surface area contributed by atoms with Crippen molar-refractivity contribution < 1.29 is 19.1 Å². The van der Waals surface area contributed by atoms with Gasteiger partial charge in [0, 0.05) is 25.1 Å². The minimum Gasteiger partial charge on any atom is -0.492 e. The second-order valence-corrected chi connectivity index (χ2v) is 6.66. The van der Waals surface area contributed by atoms with Crippen molar-refractivity contribution in [2.75, 3.05) is 19.8 Å². The third-order valence-corrected chi connectivity index (χ3v) is 4.84. The van der Waals surface area contributed by atoms with Gasteiger partial charge in [-0.2, -0.15) is 0 Å². The van der Waals surface area contributed by atoms with Gasteiger partial charge in [0.25, 0.3) is 5.91 Å². The molecule has 26 heavy (non-hydrogen) atoms. The molecule has 1 amide bonds. The third kappa shape index (κ3) is 3.48. The highest BCUT2D eigenvalue weighted by Gasteiger charge is 2.19. The van der Waals surface area contributed by atoms with Crippen molar-refractivity contribution in [1.82, 2.24) is 5.32 Å². The fourth-order valence-corrected chi connectivity index (χ4v) is 3.39. The van der Waals surface area contributed by atoms with Gasteiger partial charge in [-0.3, -0.25) is 9.59 Å². The first-order valence-electron chi connectivity index (χ1n) is 9.01. The first kappa shape index (κ1) is 16.8. The number of hydrogen-bond acceptors (Lipinski definition) is 4. The largest absolute Gasteiger partial charge is 0.492 e. The van der Waals surface area contributed by atoms with E-state index < -0.39 is 0 Å². The molecular formula is C21H21NO4. The molecule has 0 aliphatic carbocycles. The van der Waals surface area contributed by atoms with Crippen LogP contribution in [0.4, 0.5) is 0 Å². The molecule has 1 N–H and O–H groups in total. The summed E-state index contributed by atoms with van der Waals surface area (Å²) in [5.41, 5.74) is 3.08. The van der Waals surface area contributed by atoms with E-state index in [1.165, 1.54) is 0 Å². The predicted molar refractivity (Wildman–Crippen MR) is 97.6 cm³/mol. The molecule has 1 atom stereocenters. The van der Waals surface area contributed by atoms with E-state index in [0.29, 0.717) is 36.4 Å². The van der Waals surface area contributed by atoms with Crippen LogP contribution in [0.25, 0.3) is 11.1 Å². The molecule has 134 valence electrons. The Hall–Kier alpha value is -2.66. The van der Waals surface area contributed by atoms with Crippen LogP contribution in [0.1, 0.15) is 40.0 Å². The van der Waals surface area contributed by atoms with Gasteiger partial charge in [0.2, 0.25) is 0 Å². The average Bonchev–Trinajstić information content (AvgIpc) is 3.20. The molecule has 0 radical (unpaired) electrons. The summed E-state index contributed by atoms with van der Waals surface area (Å²) in [7, 11) is 0. The quantitative estimate of drug-likeness (QED) is 0.918. The predicted octanol–water partition coefficient (Wildman–Crippen LogP) is 3.23. The van der Waals surface area contributed by atoms with E-state index in [4.69, 9.17) is 9.47 Å². The molecule has 0 saturated carbocycles. The maximum Gasteiger partial charge on any atom is 0.251 e. The lowest BCUT2D eigenvalue weighted by molar-refractivity contribution is 0.0857. The molecule has 0 unspecified atom stereocenters. The number of fused-ring (bicyclic) bond motifs is 1. The number of nitrogens with one attached hydrogen (secondary N) is 1.